The molecular formula is C28H30O2Si. The fourth-order valence-corrected chi connectivity index (χ4v) is 7.75. The van der Waals surface area contributed by atoms with Gasteiger partial charge in [-0.15, -0.1) is 0 Å². The Balaban J connectivity index is 1.83. The molecule has 1 N–H and O–H groups in total. The van der Waals surface area contributed by atoms with Crippen molar-refractivity contribution in [3.05, 3.63) is 114 Å². The predicted molar refractivity (Wildman–Crippen MR) is 133 cm³/mol. The van der Waals surface area contributed by atoms with E-state index in [1.54, 1.807) is 0 Å². The third-order valence-corrected chi connectivity index (χ3v) is 10.5. The third-order valence-electron chi connectivity index (χ3n) is 5.92. The van der Waals surface area contributed by atoms with Crippen LogP contribution in [-0.2, 0) is 4.79 Å². The minimum atomic E-state index is -3.02. The highest BCUT2D eigenvalue weighted by molar-refractivity contribution is 6.98. The Hall–Kier alpha value is -3.01. The number of aldehydes is 1. The Morgan fingerprint density at radius 2 is 1.32 bits per heavy atom. The molecule has 3 rings (SSSR count). The van der Waals surface area contributed by atoms with Crippen molar-refractivity contribution < 1.29 is 9.59 Å². The molecule has 0 fully saturated rings. The van der Waals surface area contributed by atoms with Crippen LogP contribution in [0.25, 0.3) is 6.08 Å². The summed E-state index contributed by atoms with van der Waals surface area (Å²) in [4.78, 5) is 23.8. The van der Waals surface area contributed by atoms with Crippen LogP contribution in [0.15, 0.2) is 109 Å². The molecule has 158 valence electrons. The van der Waals surface area contributed by atoms with Crippen LogP contribution in [0.3, 0.4) is 0 Å². The van der Waals surface area contributed by atoms with E-state index >= 15 is 0 Å². The second kappa shape index (κ2) is 10.3. The summed E-state index contributed by atoms with van der Waals surface area (Å²) < 4.78 is 0. The van der Waals surface area contributed by atoms with Gasteiger partial charge in [-0.25, -0.2) is 0 Å². The van der Waals surface area contributed by atoms with Gasteiger partial charge in [0.25, 0.3) is 8.32 Å². The second-order valence-corrected chi connectivity index (χ2v) is 12.4. The Morgan fingerprint density at radius 3 is 1.81 bits per heavy atom. The number of rotatable bonds is 9. The van der Waals surface area contributed by atoms with E-state index in [4.69, 9.17) is 0 Å². The van der Waals surface area contributed by atoms with Gasteiger partial charge in [-0.1, -0.05) is 123 Å². The van der Waals surface area contributed by atoms with Gasteiger partial charge in [0.05, 0.1) is 0 Å². The summed E-state index contributed by atoms with van der Waals surface area (Å²) >= 11 is 0. The number of benzene rings is 3. The Bertz CT molecular complexity index is 983. The molecule has 0 aliphatic carbocycles. The van der Waals surface area contributed by atoms with Crippen LogP contribution in [-0.4, -0.2) is 19.4 Å². The Labute approximate surface area is 186 Å². The zero-order valence-electron chi connectivity index (χ0n) is 18.2. The summed E-state index contributed by atoms with van der Waals surface area (Å²) in [7, 11) is -3.02. The maximum atomic E-state index is 12.2. The average molecular weight is 427 g/mol. The van der Waals surface area contributed by atoms with Crippen LogP contribution < -0.4 is 10.4 Å². The normalized spacial score (nSPS) is 12.8. The molecule has 0 heterocycles. The maximum absolute atomic E-state index is 12.2. The fourth-order valence-electron chi connectivity index (χ4n) is 4.00. The molecule has 0 radical (unpaired) electrons. The van der Waals surface area contributed by atoms with Crippen LogP contribution in [0.5, 0.6) is 0 Å². The maximum Gasteiger partial charge on any atom is 0.258 e. The van der Waals surface area contributed by atoms with Crippen LogP contribution in [0.1, 0.15) is 32.3 Å². The van der Waals surface area contributed by atoms with Gasteiger partial charge in [0.1, 0.15) is 6.29 Å². The largest absolute Gasteiger partial charge is 0.424 e. The van der Waals surface area contributed by atoms with Crippen molar-refractivity contribution in [2.75, 3.05) is 0 Å². The van der Waals surface area contributed by atoms with Crippen molar-refractivity contribution in [2.24, 2.45) is 0 Å². The lowest BCUT2D eigenvalue weighted by molar-refractivity contribution is -0.104. The van der Waals surface area contributed by atoms with E-state index in [-0.39, 0.29) is 5.04 Å². The molecule has 0 amide bonds. The molecular weight excluding hydrogens is 396 g/mol. The lowest BCUT2D eigenvalue weighted by Gasteiger charge is -2.41. The van der Waals surface area contributed by atoms with Gasteiger partial charge in [0, 0.05) is 5.57 Å². The van der Waals surface area contributed by atoms with Crippen molar-refractivity contribution in [3.63, 3.8) is 0 Å². The van der Waals surface area contributed by atoms with Crippen molar-refractivity contribution >= 4 is 31.1 Å². The first-order valence-electron chi connectivity index (χ1n) is 10.7. The Morgan fingerprint density at radius 1 is 0.839 bits per heavy atom. The highest BCUT2D eigenvalue weighted by atomic mass is 28.4. The first kappa shape index (κ1) is 22.7. The van der Waals surface area contributed by atoms with E-state index in [9.17, 15) is 9.59 Å². The van der Waals surface area contributed by atoms with Crippen LogP contribution in [0, 0.1) is 0 Å². The average Bonchev–Trinajstić information content (AvgIpc) is 2.82. The molecule has 3 aromatic carbocycles. The van der Waals surface area contributed by atoms with Crippen molar-refractivity contribution in [1.82, 2.24) is 0 Å². The van der Waals surface area contributed by atoms with Crippen molar-refractivity contribution in [1.29, 1.82) is 0 Å². The topological polar surface area (TPSA) is 37.3 Å². The van der Waals surface area contributed by atoms with Gasteiger partial charge in [-0.05, 0) is 33.8 Å². The number of hydrogen-bond acceptors (Lipinski definition) is 2. The molecule has 3 aromatic rings. The monoisotopic (exact) mass is 426 g/mol. The Kier molecular flexibility index (Phi) is 7.56. The quantitative estimate of drug-likeness (QED) is 0.223. The molecule has 0 saturated heterocycles. The predicted octanol–water partition coefficient (Wildman–Crippen LogP) is 5.14. The molecule has 0 aliphatic heterocycles. The summed E-state index contributed by atoms with van der Waals surface area (Å²) in [6.07, 6.45) is 8.16. The highest BCUT2D eigenvalue weighted by Crippen LogP contribution is 2.40. The summed E-state index contributed by atoms with van der Waals surface area (Å²) in [5.74, 6) is 0. The summed E-state index contributed by atoms with van der Waals surface area (Å²) in [5.41, 5.74) is 1.72. The van der Waals surface area contributed by atoms with E-state index in [0.29, 0.717) is 5.57 Å². The van der Waals surface area contributed by atoms with Gasteiger partial charge in [-0.3, -0.25) is 4.79 Å². The van der Waals surface area contributed by atoms with E-state index in [1.165, 1.54) is 0 Å². The molecule has 31 heavy (non-hydrogen) atoms. The number of carbonyl (C=O) groups excluding carboxylic acids is 1. The standard InChI is InChI=1S/C28H30O2Si/c1-28(2,22-12-15-25(23-29)21-20-24-13-6-3-7-14-24)31(30,26-16-8-4-9-17-26)27-18-10-5-11-19-27/h3-11,13-21,23,30H,12,22H2,1-2H3/b21-20+,25-15+. The van der Waals surface area contributed by atoms with Crippen LogP contribution >= 0.6 is 0 Å². The third kappa shape index (κ3) is 5.38. The molecule has 0 aliphatic rings. The molecule has 0 saturated carbocycles. The minimum Gasteiger partial charge on any atom is -0.424 e. The molecule has 0 bridgehead atoms. The SMILES string of the molecule is CC(C)(CC/C=C(C=O)\C=C\c1ccccc1)[Si](O)(c1ccccc1)c1ccccc1. The first-order valence-corrected chi connectivity index (χ1v) is 12.6. The van der Waals surface area contributed by atoms with Gasteiger partial charge in [0.2, 0.25) is 0 Å². The second-order valence-electron chi connectivity index (χ2n) is 8.43. The minimum absolute atomic E-state index is 0.330. The summed E-state index contributed by atoms with van der Waals surface area (Å²) in [6, 6.07) is 30.0. The van der Waals surface area contributed by atoms with Crippen LogP contribution in [0.4, 0.5) is 0 Å². The molecule has 0 aromatic heterocycles. The highest BCUT2D eigenvalue weighted by Gasteiger charge is 2.49. The zero-order chi connectivity index (χ0) is 22.2. The van der Waals surface area contributed by atoms with Gasteiger partial charge >= 0.3 is 0 Å². The van der Waals surface area contributed by atoms with E-state index < -0.39 is 8.32 Å². The van der Waals surface area contributed by atoms with E-state index in [0.717, 1.165) is 35.1 Å². The van der Waals surface area contributed by atoms with Gasteiger partial charge in [-0.2, -0.15) is 0 Å². The van der Waals surface area contributed by atoms with E-state index in [2.05, 4.69) is 13.8 Å². The summed E-state index contributed by atoms with van der Waals surface area (Å²) in [5, 5.41) is 1.69. The number of carbonyl (C=O) groups is 1. The molecule has 0 unspecified atom stereocenters. The van der Waals surface area contributed by atoms with Gasteiger partial charge < -0.3 is 4.80 Å². The van der Waals surface area contributed by atoms with Crippen molar-refractivity contribution in [2.45, 2.75) is 31.7 Å². The lowest BCUT2D eigenvalue weighted by atomic mass is 10.0. The fraction of sp³-hybridized carbons (Fsp3) is 0.179. The zero-order valence-corrected chi connectivity index (χ0v) is 19.2. The summed E-state index contributed by atoms with van der Waals surface area (Å²) in [6.45, 7) is 4.29. The number of allylic oxidation sites excluding steroid dienone is 3. The molecule has 0 atom stereocenters. The molecule has 0 spiro atoms. The molecule has 3 heteroatoms. The van der Waals surface area contributed by atoms with Crippen LogP contribution in [0.2, 0.25) is 5.04 Å². The first-order chi connectivity index (χ1) is 15.0. The smallest absolute Gasteiger partial charge is 0.258 e. The van der Waals surface area contributed by atoms with Crippen molar-refractivity contribution in [3.8, 4) is 0 Å². The van der Waals surface area contributed by atoms with Gasteiger partial charge in [0.15, 0.2) is 0 Å². The van der Waals surface area contributed by atoms with E-state index in [1.807, 2.05) is 109 Å². The lowest BCUT2D eigenvalue weighted by Crippen LogP contribution is -2.65. The molecule has 2 nitrogen and oxygen atoms in total. The number of hydrogen-bond donors (Lipinski definition) is 1.